The van der Waals surface area contributed by atoms with Crippen LogP contribution < -0.4 is 0 Å². The summed E-state index contributed by atoms with van der Waals surface area (Å²) in [7, 11) is 0. The van der Waals surface area contributed by atoms with E-state index in [2.05, 4.69) is 82.9 Å². The van der Waals surface area contributed by atoms with Crippen molar-refractivity contribution in [3.63, 3.8) is 0 Å². The summed E-state index contributed by atoms with van der Waals surface area (Å²) in [5.41, 5.74) is 5.37. The van der Waals surface area contributed by atoms with E-state index in [0.717, 1.165) is 18.3 Å². The topological polar surface area (TPSA) is 4.93 Å². The van der Waals surface area contributed by atoms with Crippen molar-refractivity contribution in [2.75, 3.05) is 5.33 Å². The van der Waals surface area contributed by atoms with E-state index in [4.69, 9.17) is 0 Å². The van der Waals surface area contributed by atoms with Crippen molar-refractivity contribution in [3.8, 4) is 0 Å². The Morgan fingerprint density at radius 2 is 1.81 bits per heavy atom. The Balaban J connectivity index is 2.26. The molecule has 0 aliphatic heterocycles. The van der Waals surface area contributed by atoms with Crippen molar-refractivity contribution < 1.29 is 0 Å². The van der Waals surface area contributed by atoms with Gasteiger partial charge in [0.1, 0.15) is 0 Å². The van der Waals surface area contributed by atoms with Crippen LogP contribution in [0.4, 0.5) is 0 Å². The molecule has 0 spiro atoms. The van der Waals surface area contributed by atoms with Gasteiger partial charge < -0.3 is 4.57 Å². The number of benzene rings is 2. The van der Waals surface area contributed by atoms with E-state index in [1.54, 1.807) is 0 Å². The lowest BCUT2D eigenvalue weighted by atomic mass is 10.1. The van der Waals surface area contributed by atoms with Gasteiger partial charge in [0, 0.05) is 33.7 Å². The van der Waals surface area contributed by atoms with E-state index in [9.17, 15) is 0 Å². The van der Waals surface area contributed by atoms with Crippen molar-refractivity contribution in [2.24, 2.45) is 0 Å². The molecule has 0 radical (unpaired) electrons. The Hall–Kier alpha value is -1.54. The predicted molar refractivity (Wildman–Crippen MR) is 97.2 cm³/mol. The Morgan fingerprint density at radius 1 is 1.05 bits per heavy atom. The second-order valence-corrected chi connectivity index (χ2v) is 5.89. The minimum absolute atomic E-state index is 0.943. The number of alkyl halides is 1. The normalized spacial score (nSPS) is 12.4. The summed E-state index contributed by atoms with van der Waals surface area (Å²) in [5.74, 6) is 0. The fourth-order valence-corrected chi connectivity index (χ4v) is 3.53. The molecule has 3 aromatic rings. The lowest BCUT2D eigenvalue weighted by Gasteiger charge is -2.03. The van der Waals surface area contributed by atoms with Crippen LogP contribution in [-0.2, 0) is 6.54 Å². The minimum atomic E-state index is 0.943. The van der Waals surface area contributed by atoms with E-state index < -0.39 is 0 Å². The van der Waals surface area contributed by atoms with Crippen molar-refractivity contribution in [1.82, 2.24) is 4.57 Å². The van der Waals surface area contributed by atoms with E-state index in [0.29, 0.717) is 0 Å². The SMILES string of the molecule is CCC(=Cc1ccc2c(c1)c1ccccc1n2CC)CBr. The molecule has 0 aliphatic rings. The highest BCUT2D eigenvalue weighted by Gasteiger charge is 2.09. The molecule has 2 aromatic carbocycles. The first-order valence-electron chi connectivity index (χ1n) is 7.54. The molecule has 0 unspecified atom stereocenters. The molecule has 1 aromatic heterocycles. The largest absolute Gasteiger partial charge is 0.341 e. The number of rotatable bonds is 4. The Kier molecular flexibility index (Phi) is 4.16. The standard InChI is InChI=1S/C19H20BrN/c1-3-14(13-20)11-15-9-10-19-17(12-15)16-7-5-6-8-18(16)21(19)4-2/h5-12H,3-4,13H2,1-2H3. The third-order valence-electron chi connectivity index (χ3n) is 4.11. The molecule has 0 amide bonds. The maximum atomic E-state index is 3.57. The van der Waals surface area contributed by atoms with Crippen molar-refractivity contribution in [1.29, 1.82) is 0 Å². The smallest absolute Gasteiger partial charge is 0.0491 e. The van der Waals surface area contributed by atoms with Crippen molar-refractivity contribution in [2.45, 2.75) is 26.8 Å². The highest BCUT2D eigenvalue weighted by Crippen LogP contribution is 2.30. The monoisotopic (exact) mass is 341 g/mol. The zero-order chi connectivity index (χ0) is 14.8. The Labute approximate surface area is 134 Å². The third kappa shape index (κ3) is 2.53. The number of para-hydroxylation sites is 1. The van der Waals surface area contributed by atoms with E-state index >= 15 is 0 Å². The van der Waals surface area contributed by atoms with Crippen LogP contribution in [0.1, 0.15) is 25.8 Å². The maximum absolute atomic E-state index is 3.57. The molecule has 0 atom stereocenters. The Morgan fingerprint density at radius 3 is 2.52 bits per heavy atom. The van der Waals surface area contributed by atoms with E-state index in [-0.39, 0.29) is 0 Å². The average molecular weight is 342 g/mol. The third-order valence-corrected chi connectivity index (χ3v) is 4.83. The molecule has 3 rings (SSSR count). The van der Waals surface area contributed by atoms with Gasteiger partial charge in [-0.05, 0) is 37.1 Å². The molecule has 0 bridgehead atoms. The molecule has 2 heteroatoms. The van der Waals surface area contributed by atoms with Crippen LogP contribution in [0, 0.1) is 0 Å². The average Bonchev–Trinajstić information content (AvgIpc) is 2.85. The molecule has 1 heterocycles. The maximum Gasteiger partial charge on any atom is 0.0491 e. The molecule has 108 valence electrons. The molecule has 0 saturated heterocycles. The molecule has 21 heavy (non-hydrogen) atoms. The van der Waals surface area contributed by atoms with Crippen molar-refractivity contribution >= 4 is 43.8 Å². The number of fused-ring (bicyclic) bond motifs is 3. The van der Waals surface area contributed by atoms with Gasteiger partial charge in [-0.2, -0.15) is 0 Å². The highest BCUT2D eigenvalue weighted by molar-refractivity contribution is 9.09. The van der Waals surface area contributed by atoms with Gasteiger partial charge in [0.25, 0.3) is 0 Å². The van der Waals surface area contributed by atoms with Crippen LogP contribution in [-0.4, -0.2) is 9.90 Å². The van der Waals surface area contributed by atoms with Gasteiger partial charge in [-0.1, -0.05) is 58.8 Å². The number of hydrogen-bond donors (Lipinski definition) is 0. The second kappa shape index (κ2) is 6.07. The van der Waals surface area contributed by atoms with Crippen molar-refractivity contribution in [3.05, 3.63) is 53.6 Å². The fourth-order valence-electron chi connectivity index (χ4n) is 2.97. The summed E-state index contributed by atoms with van der Waals surface area (Å²) in [6, 6.07) is 15.5. The van der Waals surface area contributed by atoms with Crippen LogP contribution in [0.15, 0.2) is 48.0 Å². The molecule has 0 N–H and O–H groups in total. The summed E-state index contributed by atoms with van der Waals surface area (Å²) in [5, 5.41) is 3.64. The number of halogens is 1. The molecule has 1 nitrogen and oxygen atoms in total. The van der Waals surface area contributed by atoms with Crippen LogP contribution in [0.2, 0.25) is 0 Å². The van der Waals surface area contributed by atoms with Crippen LogP contribution >= 0.6 is 15.9 Å². The van der Waals surface area contributed by atoms with Gasteiger partial charge in [0.2, 0.25) is 0 Å². The molecule has 0 saturated carbocycles. The number of allylic oxidation sites excluding steroid dienone is 1. The predicted octanol–water partition coefficient (Wildman–Crippen LogP) is 6.00. The summed E-state index contributed by atoms with van der Waals surface area (Å²) in [6.45, 7) is 5.41. The van der Waals surface area contributed by atoms with E-state index in [1.807, 2.05) is 0 Å². The summed E-state index contributed by atoms with van der Waals surface area (Å²) in [6.07, 6.45) is 3.38. The van der Waals surface area contributed by atoms with Gasteiger partial charge in [-0.25, -0.2) is 0 Å². The van der Waals surface area contributed by atoms with Crippen LogP contribution in [0.5, 0.6) is 0 Å². The van der Waals surface area contributed by atoms with Gasteiger partial charge in [-0.15, -0.1) is 0 Å². The molecule has 0 aliphatic carbocycles. The lowest BCUT2D eigenvalue weighted by molar-refractivity contribution is 0.827. The van der Waals surface area contributed by atoms with Gasteiger partial charge in [0.15, 0.2) is 0 Å². The second-order valence-electron chi connectivity index (χ2n) is 5.33. The Bertz CT molecular complexity index is 805. The number of aromatic nitrogens is 1. The van der Waals surface area contributed by atoms with Gasteiger partial charge in [0.05, 0.1) is 0 Å². The van der Waals surface area contributed by atoms with Crippen LogP contribution in [0.3, 0.4) is 0 Å². The molecular formula is C19H20BrN. The quantitative estimate of drug-likeness (QED) is 0.512. The summed E-state index contributed by atoms with van der Waals surface area (Å²) >= 11 is 3.57. The first-order chi connectivity index (χ1) is 10.3. The van der Waals surface area contributed by atoms with E-state index in [1.165, 1.54) is 32.9 Å². The highest BCUT2D eigenvalue weighted by atomic mass is 79.9. The zero-order valence-corrected chi connectivity index (χ0v) is 14.2. The fraction of sp³-hybridized carbons (Fsp3) is 0.263. The first kappa shape index (κ1) is 14.4. The summed E-state index contributed by atoms with van der Waals surface area (Å²) < 4.78 is 2.39. The summed E-state index contributed by atoms with van der Waals surface area (Å²) in [4.78, 5) is 0. The number of aryl methyl sites for hydroxylation is 1. The number of nitrogens with zero attached hydrogens (tertiary/aromatic N) is 1. The lowest BCUT2D eigenvalue weighted by Crippen LogP contribution is -1.92. The molecular weight excluding hydrogens is 322 g/mol. The number of hydrogen-bond acceptors (Lipinski definition) is 0. The van der Waals surface area contributed by atoms with Gasteiger partial charge in [-0.3, -0.25) is 0 Å². The first-order valence-corrected chi connectivity index (χ1v) is 8.67. The zero-order valence-electron chi connectivity index (χ0n) is 12.6. The van der Waals surface area contributed by atoms with Gasteiger partial charge >= 0.3 is 0 Å². The molecule has 0 fully saturated rings. The van der Waals surface area contributed by atoms with Crippen LogP contribution in [0.25, 0.3) is 27.9 Å². The minimum Gasteiger partial charge on any atom is -0.341 e.